The maximum atomic E-state index is 5.83. The summed E-state index contributed by atoms with van der Waals surface area (Å²) < 4.78 is 5.29. The van der Waals surface area contributed by atoms with Crippen LogP contribution in [0.15, 0.2) is 35.1 Å². The molecule has 0 aliphatic heterocycles. The van der Waals surface area contributed by atoms with Crippen LogP contribution in [0.1, 0.15) is 19.1 Å². The lowest BCUT2D eigenvalue weighted by atomic mass is 10.1. The molecular weight excluding hydrogens is 250 g/mol. The molecule has 4 nitrogen and oxygen atoms in total. The number of hydrogen-bond donors (Lipinski definition) is 2. The van der Waals surface area contributed by atoms with Crippen molar-refractivity contribution in [2.24, 2.45) is 0 Å². The molecule has 2 rings (SSSR count). The van der Waals surface area contributed by atoms with Gasteiger partial charge in [0, 0.05) is 18.7 Å². The van der Waals surface area contributed by atoms with Crippen molar-refractivity contribution in [1.82, 2.24) is 4.98 Å². The molecule has 18 heavy (non-hydrogen) atoms. The number of aryl methyl sites for hydroxylation is 1. The van der Waals surface area contributed by atoms with Crippen molar-refractivity contribution in [3.63, 3.8) is 0 Å². The van der Waals surface area contributed by atoms with Crippen molar-refractivity contribution >= 4 is 23.1 Å². The van der Waals surface area contributed by atoms with Crippen molar-refractivity contribution in [2.75, 3.05) is 11.1 Å². The van der Waals surface area contributed by atoms with E-state index < -0.39 is 0 Å². The number of aromatic nitrogens is 1. The zero-order chi connectivity index (χ0) is 13.0. The molecule has 0 aliphatic carbocycles. The number of anilines is 2. The van der Waals surface area contributed by atoms with E-state index in [1.807, 2.05) is 12.1 Å². The second kappa shape index (κ2) is 5.78. The summed E-state index contributed by atoms with van der Waals surface area (Å²) in [5, 5.41) is 3.81. The fraction of sp³-hybridized carbons (Fsp3) is 0.308. The summed E-state index contributed by atoms with van der Waals surface area (Å²) in [5.74, 6) is 1.66. The van der Waals surface area contributed by atoms with Gasteiger partial charge in [-0.1, -0.05) is 11.6 Å². The van der Waals surface area contributed by atoms with Gasteiger partial charge in [0.25, 0.3) is 0 Å². The van der Waals surface area contributed by atoms with Crippen molar-refractivity contribution in [1.29, 1.82) is 0 Å². The Labute approximate surface area is 111 Å². The van der Waals surface area contributed by atoms with Crippen molar-refractivity contribution in [3.05, 3.63) is 41.4 Å². The third-order valence-electron chi connectivity index (χ3n) is 2.67. The van der Waals surface area contributed by atoms with Gasteiger partial charge in [0.15, 0.2) is 0 Å². The Hall–Kier alpha value is -1.68. The minimum Gasteiger partial charge on any atom is -0.469 e. The molecule has 0 saturated heterocycles. The van der Waals surface area contributed by atoms with Crippen LogP contribution >= 0.6 is 11.6 Å². The molecule has 0 fully saturated rings. The fourth-order valence-corrected chi connectivity index (χ4v) is 1.86. The summed E-state index contributed by atoms with van der Waals surface area (Å²) in [7, 11) is 0. The molecule has 0 bridgehead atoms. The van der Waals surface area contributed by atoms with E-state index in [-0.39, 0.29) is 6.04 Å². The number of nitrogen functional groups attached to an aromatic ring is 1. The van der Waals surface area contributed by atoms with Gasteiger partial charge in [-0.15, -0.1) is 0 Å². The molecular formula is C13H16ClN3O. The first-order valence-electron chi connectivity index (χ1n) is 5.85. The molecule has 0 radical (unpaired) electrons. The second-order valence-corrected chi connectivity index (χ2v) is 4.69. The highest BCUT2D eigenvalue weighted by atomic mass is 35.5. The topological polar surface area (TPSA) is 64.1 Å². The Balaban J connectivity index is 1.88. The number of hydrogen-bond acceptors (Lipinski definition) is 4. The third-order valence-corrected chi connectivity index (χ3v) is 2.88. The molecule has 0 amide bonds. The lowest BCUT2D eigenvalue weighted by Crippen LogP contribution is -2.17. The normalized spacial score (nSPS) is 12.3. The SMILES string of the molecule is CC(CCc1ccco1)Nc1ncc(Cl)cc1N. The van der Waals surface area contributed by atoms with Gasteiger partial charge in [0.05, 0.1) is 17.0 Å². The Morgan fingerprint density at radius 2 is 2.39 bits per heavy atom. The zero-order valence-electron chi connectivity index (χ0n) is 10.2. The molecule has 5 heteroatoms. The molecule has 96 valence electrons. The van der Waals surface area contributed by atoms with E-state index in [4.69, 9.17) is 21.8 Å². The zero-order valence-corrected chi connectivity index (χ0v) is 10.9. The highest BCUT2D eigenvalue weighted by molar-refractivity contribution is 6.30. The van der Waals surface area contributed by atoms with Gasteiger partial charge in [0.1, 0.15) is 11.6 Å². The Bertz CT molecular complexity index is 499. The van der Waals surface area contributed by atoms with Crippen LogP contribution in [0, 0.1) is 0 Å². The van der Waals surface area contributed by atoms with Crippen LogP contribution < -0.4 is 11.1 Å². The van der Waals surface area contributed by atoms with Crippen molar-refractivity contribution < 1.29 is 4.42 Å². The highest BCUT2D eigenvalue weighted by Gasteiger charge is 2.07. The first kappa shape index (κ1) is 12.8. The largest absolute Gasteiger partial charge is 0.469 e. The van der Waals surface area contributed by atoms with E-state index in [0.717, 1.165) is 18.6 Å². The number of nitrogens with one attached hydrogen (secondary N) is 1. The van der Waals surface area contributed by atoms with Crippen LogP contribution in [0.4, 0.5) is 11.5 Å². The van der Waals surface area contributed by atoms with Gasteiger partial charge in [-0.25, -0.2) is 4.98 Å². The van der Waals surface area contributed by atoms with Crippen LogP contribution in [-0.4, -0.2) is 11.0 Å². The Morgan fingerprint density at radius 1 is 1.56 bits per heavy atom. The van der Waals surface area contributed by atoms with Gasteiger partial charge in [-0.2, -0.15) is 0 Å². The maximum absolute atomic E-state index is 5.83. The predicted octanol–water partition coefficient (Wildman–Crippen LogP) is 3.34. The standard InChI is InChI=1S/C13H16ClN3O/c1-9(4-5-11-3-2-6-18-11)17-13-12(15)7-10(14)8-16-13/h2-3,6-9H,4-5,15H2,1H3,(H,16,17). The lowest BCUT2D eigenvalue weighted by molar-refractivity contribution is 0.495. The van der Waals surface area contributed by atoms with Crippen LogP contribution in [0.5, 0.6) is 0 Å². The van der Waals surface area contributed by atoms with E-state index in [0.29, 0.717) is 16.5 Å². The number of pyridine rings is 1. The first-order chi connectivity index (χ1) is 8.65. The van der Waals surface area contributed by atoms with Crippen LogP contribution in [0.3, 0.4) is 0 Å². The third kappa shape index (κ3) is 3.40. The Kier molecular flexibility index (Phi) is 4.10. The van der Waals surface area contributed by atoms with Crippen molar-refractivity contribution in [3.8, 4) is 0 Å². The quantitative estimate of drug-likeness (QED) is 0.870. The predicted molar refractivity (Wildman–Crippen MR) is 73.8 cm³/mol. The number of rotatable bonds is 5. The van der Waals surface area contributed by atoms with E-state index in [9.17, 15) is 0 Å². The highest BCUT2D eigenvalue weighted by Crippen LogP contribution is 2.20. The number of nitrogens with two attached hydrogens (primary N) is 1. The monoisotopic (exact) mass is 265 g/mol. The van der Waals surface area contributed by atoms with E-state index in [1.165, 1.54) is 0 Å². The molecule has 0 saturated carbocycles. The van der Waals surface area contributed by atoms with Gasteiger partial charge in [-0.05, 0) is 31.5 Å². The average Bonchev–Trinajstić information content (AvgIpc) is 2.83. The number of halogens is 1. The summed E-state index contributed by atoms with van der Waals surface area (Å²) in [4.78, 5) is 4.17. The smallest absolute Gasteiger partial charge is 0.149 e. The van der Waals surface area contributed by atoms with Gasteiger partial charge in [0.2, 0.25) is 0 Å². The Morgan fingerprint density at radius 3 is 3.06 bits per heavy atom. The number of furan rings is 1. The fourth-order valence-electron chi connectivity index (χ4n) is 1.69. The minimum atomic E-state index is 0.256. The molecule has 0 aromatic carbocycles. The van der Waals surface area contributed by atoms with Gasteiger partial charge < -0.3 is 15.5 Å². The molecule has 1 atom stereocenters. The maximum Gasteiger partial charge on any atom is 0.149 e. The van der Waals surface area contributed by atoms with Crippen LogP contribution in [-0.2, 0) is 6.42 Å². The molecule has 0 aliphatic rings. The molecule has 2 aromatic rings. The lowest BCUT2D eigenvalue weighted by Gasteiger charge is -2.15. The summed E-state index contributed by atoms with van der Waals surface area (Å²) in [6, 6.07) is 5.82. The van der Waals surface area contributed by atoms with Crippen molar-refractivity contribution in [2.45, 2.75) is 25.8 Å². The molecule has 2 aromatic heterocycles. The van der Waals surface area contributed by atoms with Crippen LogP contribution in [0.25, 0.3) is 0 Å². The second-order valence-electron chi connectivity index (χ2n) is 4.25. The van der Waals surface area contributed by atoms with E-state index >= 15 is 0 Å². The van der Waals surface area contributed by atoms with Crippen LogP contribution in [0.2, 0.25) is 5.02 Å². The first-order valence-corrected chi connectivity index (χ1v) is 6.23. The summed E-state index contributed by atoms with van der Waals surface area (Å²) in [5.41, 5.74) is 6.39. The molecule has 0 spiro atoms. The van der Waals surface area contributed by atoms with E-state index in [2.05, 4.69) is 17.2 Å². The van der Waals surface area contributed by atoms with Gasteiger partial charge in [-0.3, -0.25) is 0 Å². The summed E-state index contributed by atoms with van der Waals surface area (Å²) in [6.07, 6.45) is 5.09. The summed E-state index contributed by atoms with van der Waals surface area (Å²) in [6.45, 7) is 2.08. The number of nitrogens with zero attached hydrogens (tertiary/aromatic N) is 1. The average molecular weight is 266 g/mol. The molecule has 1 unspecified atom stereocenters. The van der Waals surface area contributed by atoms with Gasteiger partial charge >= 0.3 is 0 Å². The molecule has 3 N–H and O–H groups in total. The summed E-state index contributed by atoms with van der Waals surface area (Å²) >= 11 is 5.80. The van der Waals surface area contributed by atoms with E-state index in [1.54, 1.807) is 18.5 Å². The molecule has 2 heterocycles. The minimum absolute atomic E-state index is 0.256.